The van der Waals surface area contributed by atoms with E-state index in [9.17, 15) is 9.18 Å². The van der Waals surface area contributed by atoms with E-state index in [1.807, 2.05) is 6.07 Å². The van der Waals surface area contributed by atoms with E-state index in [1.54, 1.807) is 43.3 Å². The Balaban J connectivity index is 1.73. The molecule has 3 rings (SSSR count). The summed E-state index contributed by atoms with van der Waals surface area (Å²) in [4.78, 5) is 17.8. The first kappa shape index (κ1) is 15.7. The Morgan fingerprint density at radius 2 is 2.12 bits per heavy atom. The summed E-state index contributed by atoms with van der Waals surface area (Å²) in [6.45, 7) is 1.62. The van der Waals surface area contributed by atoms with Crippen LogP contribution in [-0.2, 0) is 9.63 Å². The van der Waals surface area contributed by atoms with Crippen LogP contribution in [0.4, 0.5) is 10.1 Å². The number of halogens is 1. The summed E-state index contributed by atoms with van der Waals surface area (Å²) in [7, 11) is 0. The minimum absolute atomic E-state index is 0.222. The van der Waals surface area contributed by atoms with Gasteiger partial charge in [0.1, 0.15) is 5.82 Å². The summed E-state index contributed by atoms with van der Waals surface area (Å²) in [5.41, 5.74) is 0.852. The Morgan fingerprint density at radius 1 is 1.33 bits per heavy atom. The van der Waals surface area contributed by atoms with Gasteiger partial charge in [-0.1, -0.05) is 23.4 Å². The minimum atomic E-state index is -1.19. The molecule has 2 aromatic rings. The molecule has 120 valence electrons. The standard InChI is InChI=1S/C18H14FN3O2/c1-18(17(23)21-15-7-2-4-12(8-15)11-20)10-16(22-24-18)13-5-3-6-14(19)9-13/h2-9H,10H2,1H3,(H,21,23)/t18-/m0/s1. The number of anilines is 1. The number of hydrogen-bond acceptors (Lipinski definition) is 4. The van der Waals surface area contributed by atoms with E-state index in [4.69, 9.17) is 10.1 Å². The third-order valence-corrected chi connectivity index (χ3v) is 3.75. The highest BCUT2D eigenvalue weighted by atomic mass is 19.1. The summed E-state index contributed by atoms with van der Waals surface area (Å²) in [5, 5.41) is 15.6. The van der Waals surface area contributed by atoms with E-state index in [-0.39, 0.29) is 18.1 Å². The fourth-order valence-electron chi connectivity index (χ4n) is 2.41. The first-order valence-corrected chi connectivity index (χ1v) is 7.33. The van der Waals surface area contributed by atoms with Crippen LogP contribution in [0.2, 0.25) is 0 Å². The molecule has 1 N–H and O–H groups in total. The zero-order valence-electron chi connectivity index (χ0n) is 12.9. The molecule has 24 heavy (non-hydrogen) atoms. The normalized spacial score (nSPS) is 19.1. The number of oxime groups is 1. The number of carbonyl (C=O) groups is 1. The summed E-state index contributed by atoms with van der Waals surface area (Å²) in [6.07, 6.45) is 0.222. The average Bonchev–Trinajstić information content (AvgIpc) is 2.99. The first-order chi connectivity index (χ1) is 11.5. The van der Waals surface area contributed by atoms with E-state index < -0.39 is 5.60 Å². The molecule has 2 aromatic carbocycles. The lowest BCUT2D eigenvalue weighted by Gasteiger charge is -2.20. The van der Waals surface area contributed by atoms with E-state index in [0.29, 0.717) is 22.5 Å². The molecule has 0 aliphatic carbocycles. The van der Waals surface area contributed by atoms with Crippen LogP contribution in [0.25, 0.3) is 0 Å². The van der Waals surface area contributed by atoms with E-state index in [0.717, 1.165) is 0 Å². The third kappa shape index (κ3) is 3.10. The quantitative estimate of drug-likeness (QED) is 0.942. The number of rotatable bonds is 3. The van der Waals surface area contributed by atoms with Crippen LogP contribution in [0.5, 0.6) is 0 Å². The molecule has 0 spiro atoms. The molecule has 0 unspecified atom stereocenters. The largest absolute Gasteiger partial charge is 0.379 e. The second-order valence-corrected chi connectivity index (χ2v) is 5.69. The Bertz CT molecular complexity index is 873. The molecule has 0 saturated heterocycles. The molecule has 1 amide bonds. The van der Waals surface area contributed by atoms with Crippen molar-refractivity contribution in [2.24, 2.45) is 5.16 Å². The van der Waals surface area contributed by atoms with Crippen LogP contribution in [-0.4, -0.2) is 17.2 Å². The van der Waals surface area contributed by atoms with E-state index in [2.05, 4.69) is 10.5 Å². The molecule has 0 bridgehead atoms. The van der Waals surface area contributed by atoms with Crippen molar-refractivity contribution in [1.82, 2.24) is 0 Å². The van der Waals surface area contributed by atoms with Crippen molar-refractivity contribution in [1.29, 1.82) is 5.26 Å². The molecular weight excluding hydrogens is 309 g/mol. The zero-order valence-corrected chi connectivity index (χ0v) is 12.9. The lowest BCUT2D eigenvalue weighted by Crippen LogP contribution is -2.40. The Kier molecular flexibility index (Phi) is 4.00. The number of nitriles is 1. The van der Waals surface area contributed by atoms with Crippen molar-refractivity contribution in [3.63, 3.8) is 0 Å². The highest BCUT2D eigenvalue weighted by molar-refractivity contribution is 6.07. The molecule has 1 heterocycles. The van der Waals surface area contributed by atoms with Crippen molar-refractivity contribution < 1.29 is 14.0 Å². The minimum Gasteiger partial charge on any atom is -0.379 e. The predicted octanol–water partition coefficient (Wildman–Crippen LogP) is 3.22. The van der Waals surface area contributed by atoms with Gasteiger partial charge in [0.2, 0.25) is 5.60 Å². The molecule has 1 atom stereocenters. The fraction of sp³-hybridized carbons (Fsp3) is 0.167. The van der Waals surface area contributed by atoms with Crippen LogP contribution >= 0.6 is 0 Å². The first-order valence-electron chi connectivity index (χ1n) is 7.33. The average molecular weight is 323 g/mol. The van der Waals surface area contributed by atoms with Gasteiger partial charge in [0, 0.05) is 17.7 Å². The van der Waals surface area contributed by atoms with Crippen LogP contribution in [0.1, 0.15) is 24.5 Å². The molecule has 5 nitrogen and oxygen atoms in total. The van der Waals surface area contributed by atoms with Crippen LogP contribution in [0.3, 0.4) is 0 Å². The van der Waals surface area contributed by atoms with Crippen molar-refractivity contribution in [3.8, 4) is 6.07 Å². The van der Waals surface area contributed by atoms with Crippen molar-refractivity contribution in [3.05, 3.63) is 65.5 Å². The second kappa shape index (κ2) is 6.13. The van der Waals surface area contributed by atoms with Crippen LogP contribution in [0, 0.1) is 17.1 Å². The molecule has 0 fully saturated rings. The van der Waals surface area contributed by atoms with Gasteiger partial charge in [-0.15, -0.1) is 0 Å². The van der Waals surface area contributed by atoms with Gasteiger partial charge in [-0.2, -0.15) is 5.26 Å². The number of amides is 1. The Hall–Kier alpha value is -3.20. The van der Waals surface area contributed by atoms with E-state index >= 15 is 0 Å². The summed E-state index contributed by atoms with van der Waals surface area (Å²) >= 11 is 0. The fourth-order valence-corrected chi connectivity index (χ4v) is 2.41. The molecule has 6 heteroatoms. The molecule has 1 aliphatic rings. The molecule has 0 radical (unpaired) electrons. The van der Waals surface area contributed by atoms with Crippen molar-refractivity contribution in [2.45, 2.75) is 18.9 Å². The van der Waals surface area contributed by atoms with Gasteiger partial charge in [-0.3, -0.25) is 4.79 Å². The van der Waals surface area contributed by atoms with Crippen molar-refractivity contribution >= 4 is 17.3 Å². The van der Waals surface area contributed by atoms with Crippen LogP contribution < -0.4 is 5.32 Å². The smallest absolute Gasteiger partial charge is 0.271 e. The monoisotopic (exact) mass is 323 g/mol. The summed E-state index contributed by atoms with van der Waals surface area (Å²) in [6, 6.07) is 14.6. The Morgan fingerprint density at radius 3 is 2.88 bits per heavy atom. The SMILES string of the molecule is C[C@@]1(C(=O)Nc2cccc(C#N)c2)CC(c2cccc(F)c2)=NO1. The number of hydrogen-bond donors (Lipinski definition) is 1. The van der Waals surface area contributed by atoms with E-state index in [1.165, 1.54) is 12.1 Å². The van der Waals surface area contributed by atoms with Crippen LogP contribution in [0.15, 0.2) is 53.7 Å². The maximum Gasteiger partial charge on any atom is 0.271 e. The van der Waals surface area contributed by atoms with Crippen molar-refractivity contribution in [2.75, 3.05) is 5.32 Å². The molecule has 0 aromatic heterocycles. The van der Waals surface area contributed by atoms with Gasteiger partial charge >= 0.3 is 0 Å². The zero-order chi connectivity index (χ0) is 17.2. The number of nitrogens with zero attached hydrogens (tertiary/aromatic N) is 2. The molecule has 1 aliphatic heterocycles. The van der Waals surface area contributed by atoms with Gasteiger partial charge < -0.3 is 10.2 Å². The highest BCUT2D eigenvalue weighted by Crippen LogP contribution is 2.28. The number of nitrogens with one attached hydrogen (secondary N) is 1. The van der Waals surface area contributed by atoms with Gasteiger partial charge in [-0.05, 0) is 37.3 Å². The Labute approximate surface area is 138 Å². The lowest BCUT2D eigenvalue weighted by atomic mass is 9.95. The second-order valence-electron chi connectivity index (χ2n) is 5.69. The third-order valence-electron chi connectivity index (χ3n) is 3.75. The van der Waals surface area contributed by atoms with Gasteiger partial charge in [-0.25, -0.2) is 4.39 Å². The predicted molar refractivity (Wildman–Crippen MR) is 86.8 cm³/mol. The summed E-state index contributed by atoms with van der Waals surface area (Å²) < 4.78 is 13.3. The lowest BCUT2D eigenvalue weighted by molar-refractivity contribution is -0.135. The van der Waals surface area contributed by atoms with Gasteiger partial charge in [0.25, 0.3) is 5.91 Å². The van der Waals surface area contributed by atoms with Gasteiger partial charge in [0.15, 0.2) is 0 Å². The summed E-state index contributed by atoms with van der Waals surface area (Å²) in [5.74, 6) is -0.755. The highest BCUT2D eigenvalue weighted by Gasteiger charge is 2.42. The maximum absolute atomic E-state index is 13.3. The number of carbonyl (C=O) groups excluding carboxylic acids is 1. The molecular formula is C18H14FN3O2. The maximum atomic E-state index is 13.3. The van der Waals surface area contributed by atoms with Gasteiger partial charge in [0.05, 0.1) is 17.3 Å². The number of benzene rings is 2. The molecule has 0 saturated carbocycles. The topological polar surface area (TPSA) is 74.5 Å².